The number of esters is 1. The van der Waals surface area contributed by atoms with Gasteiger partial charge in [0.25, 0.3) is 10.1 Å². The lowest BCUT2D eigenvalue weighted by Crippen LogP contribution is -2.18. The Morgan fingerprint density at radius 3 is 2.12 bits per heavy atom. The molecule has 0 heterocycles. The first-order chi connectivity index (χ1) is 11.2. The van der Waals surface area contributed by atoms with Crippen LogP contribution < -0.4 is 9.47 Å². The molecule has 0 fully saturated rings. The molecule has 0 aliphatic rings. The molecule has 7 nitrogen and oxygen atoms in total. The van der Waals surface area contributed by atoms with Gasteiger partial charge in [-0.15, -0.1) is 0 Å². The molecular weight excluding hydrogens is 566 g/mol. The van der Waals surface area contributed by atoms with Gasteiger partial charge in [0.05, 0.1) is 12.0 Å². The van der Waals surface area contributed by atoms with Gasteiger partial charge in [0.2, 0.25) is 0 Å². The number of phenolic OH excluding ortho intramolecular Hbond substituents is 1. The van der Waals surface area contributed by atoms with Crippen LogP contribution in [0.15, 0.2) is 41.3 Å². The number of aromatic hydroxyl groups is 1. The van der Waals surface area contributed by atoms with Gasteiger partial charge in [-0.05, 0) is 81.6 Å². The normalized spacial score (nSPS) is 11.1. The van der Waals surface area contributed by atoms with Gasteiger partial charge in [0.15, 0.2) is 12.4 Å². The molecule has 0 saturated carbocycles. The smallest absolute Gasteiger partial charge is 0.349 e. The van der Waals surface area contributed by atoms with Crippen LogP contribution in [0.1, 0.15) is 0 Å². The molecule has 2 N–H and O–H groups in total. The van der Waals surface area contributed by atoms with E-state index in [0.717, 1.165) is 12.1 Å². The van der Waals surface area contributed by atoms with E-state index in [-0.39, 0.29) is 16.4 Å². The van der Waals surface area contributed by atoms with Gasteiger partial charge in [-0.25, -0.2) is 4.79 Å². The lowest BCUT2D eigenvalue weighted by atomic mass is 10.3. The van der Waals surface area contributed by atoms with Crippen molar-refractivity contribution in [3.05, 3.63) is 43.5 Å². The first-order valence-electron chi connectivity index (χ1n) is 6.26. The molecule has 2 aromatic rings. The van der Waals surface area contributed by atoms with Crippen LogP contribution in [0.2, 0.25) is 0 Å². The van der Waals surface area contributed by atoms with Crippen LogP contribution in [0.5, 0.6) is 17.2 Å². The van der Waals surface area contributed by atoms with E-state index in [1.807, 2.05) is 45.2 Å². The second-order valence-electron chi connectivity index (χ2n) is 4.45. The summed E-state index contributed by atoms with van der Waals surface area (Å²) in [6.45, 7) is -0.391. The van der Waals surface area contributed by atoms with E-state index in [4.69, 9.17) is 14.0 Å². The minimum Gasteiger partial charge on any atom is -0.508 e. The van der Waals surface area contributed by atoms with E-state index in [9.17, 15) is 18.3 Å². The molecule has 0 radical (unpaired) electrons. The molecular formula is C14H10I2O7S. The average molecular weight is 576 g/mol. The molecule has 2 rings (SSSR count). The summed E-state index contributed by atoms with van der Waals surface area (Å²) in [5.74, 6) is -0.0204. The Bertz CT molecular complexity index is 840. The molecule has 0 bridgehead atoms. The van der Waals surface area contributed by atoms with Gasteiger partial charge in [-0.1, -0.05) is 0 Å². The molecule has 128 valence electrons. The Hall–Kier alpha value is -1.12. The molecule has 0 amide bonds. The molecule has 0 aliphatic heterocycles. The van der Waals surface area contributed by atoms with E-state index < -0.39 is 22.7 Å². The Labute approximate surface area is 165 Å². The van der Waals surface area contributed by atoms with E-state index in [2.05, 4.69) is 0 Å². The highest BCUT2D eigenvalue weighted by atomic mass is 127. The summed E-state index contributed by atoms with van der Waals surface area (Å²) < 4.78 is 42.3. The Kier molecular flexibility index (Phi) is 6.28. The van der Waals surface area contributed by atoms with Crippen molar-refractivity contribution in [3.8, 4) is 17.2 Å². The zero-order valence-corrected chi connectivity index (χ0v) is 16.9. The number of rotatable bonds is 5. The number of carbonyl (C=O) groups excluding carboxylic acids is 1. The van der Waals surface area contributed by atoms with E-state index >= 15 is 0 Å². The van der Waals surface area contributed by atoms with Crippen molar-refractivity contribution in [1.82, 2.24) is 0 Å². The van der Waals surface area contributed by atoms with E-state index in [1.54, 1.807) is 0 Å². The average Bonchev–Trinajstić information content (AvgIpc) is 2.48. The Morgan fingerprint density at radius 1 is 1.08 bits per heavy atom. The number of ether oxygens (including phenoxy) is 2. The van der Waals surface area contributed by atoms with Gasteiger partial charge in [0, 0.05) is 0 Å². The number of phenols is 1. The maximum atomic E-state index is 11.8. The highest BCUT2D eigenvalue weighted by Gasteiger charge is 2.14. The quantitative estimate of drug-likeness (QED) is 0.244. The largest absolute Gasteiger partial charge is 0.508 e. The molecule has 0 unspecified atom stereocenters. The fraction of sp³-hybridized carbons (Fsp3) is 0.0714. The maximum Gasteiger partial charge on any atom is 0.349 e. The van der Waals surface area contributed by atoms with Gasteiger partial charge < -0.3 is 14.6 Å². The van der Waals surface area contributed by atoms with Crippen LogP contribution in [-0.4, -0.2) is 30.7 Å². The zero-order chi connectivity index (χ0) is 17.9. The molecule has 0 atom stereocenters. The number of halogens is 2. The van der Waals surface area contributed by atoms with Gasteiger partial charge in [-0.3, -0.25) is 4.55 Å². The second-order valence-corrected chi connectivity index (χ2v) is 8.19. The minimum atomic E-state index is -4.27. The first kappa shape index (κ1) is 19.2. The summed E-state index contributed by atoms with van der Waals surface area (Å²) >= 11 is 3.87. The molecule has 0 spiro atoms. The summed E-state index contributed by atoms with van der Waals surface area (Å²) in [4.78, 5) is 11.6. The highest BCUT2D eigenvalue weighted by molar-refractivity contribution is 14.1. The zero-order valence-electron chi connectivity index (χ0n) is 11.8. The standard InChI is InChI=1S/C14H10I2O7S/c15-11-5-8(17)6-12(16)14(11)23-13(18)7-22-9-1-3-10(4-2-9)24(19,20)21/h1-6,17H,7H2,(H,19,20,21). The van der Waals surface area contributed by atoms with Gasteiger partial charge in [0.1, 0.15) is 11.5 Å². The van der Waals surface area contributed by atoms with Crippen LogP contribution in [0, 0.1) is 7.14 Å². The summed E-state index contributed by atoms with van der Waals surface area (Å²) in [6, 6.07) is 7.85. The van der Waals surface area contributed by atoms with Crippen LogP contribution in [-0.2, 0) is 14.9 Å². The predicted octanol–water partition coefficient (Wildman–Crippen LogP) is 2.83. The van der Waals surface area contributed by atoms with Crippen molar-refractivity contribution in [2.45, 2.75) is 4.90 Å². The fourth-order valence-corrected chi connectivity index (χ4v) is 4.07. The predicted molar refractivity (Wildman–Crippen MR) is 101 cm³/mol. The van der Waals surface area contributed by atoms with Crippen molar-refractivity contribution in [2.24, 2.45) is 0 Å². The van der Waals surface area contributed by atoms with Crippen molar-refractivity contribution in [2.75, 3.05) is 6.61 Å². The van der Waals surface area contributed by atoms with Gasteiger partial charge >= 0.3 is 5.97 Å². The van der Waals surface area contributed by atoms with Crippen molar-refractivity contribution in [3.63, 3.8) is 0 Å². The molecule has 0 aliphatic carbocycles. The van der Waals surface area contributed by atoms with Crippen LogP contribution >= 0.6 is 45.2 Å². The van der Waals surface area contributed by atoms with Crippen molar-refractivity contribution < 1.29 is 32.3 Å². The monoisotopic (exact) mass is 576 g/mol. The van der Waals surface area contributed by atoms with Crippen LogP contribution in [0.4, 0.5) is 0 Å². The molecule has 2 aromatic carbocycles. The number of benzene rings is 2. The molecule has 0 aromatic heterocycles. The summed E-state index contributed by atoms with van der Waals surface area (Å²) in [5, 5.41) is 9.45. The number of hydrogen-bond donors (Lipinski definition) is 2. The fourth-order valence-electron chi connectivity index (χ4n) is 1.64. The summed E-state index contributed by atoms with van der Waals surface area (Å²) in [5.41, 5.74) is 0. The Balaban J connectivity index is 1.99. The highest BCUT2D eigenvalue weighted by Crippen LogP contribution is 2.31. The lowest BCUT2D eigenvalue weighted by Gasteiger charge is -2.10. The summed E-state index contributed by atoms with van der Waals surface area (Å²) in [7, 11) is -4.27. The van der Waals surface area contributed by atoms with Crippen molar-refractivity contribution in [1.29, 1.82) is 0 Å². The molecule has 10 heteroatoms. The topological polar surface area (TPSA) is 110 Å². The van der Waals surface area contributed by atoms with Crippen LogP contribution in [0.3, 0.4) is 0 Å². The number of carbonyl (C=O) groups is 1. The SMILES string of the molecule is O=C(COc1ccc(S(=O)(=O)O)cc1)Oc1c(I)cc(O)cc1I. The minimum absolute atomic E-state index is 0.0683. The van der Waals surface area contributed by atoms with E-state index in [0.29, 0.717) is 12.9 Å². The number of hydrogen-bond acceptors (Lipinski definition) is 6. The third-order valence-corrected chi connectivity index (χ3v) is 5.15. The maximum absolute atomic E-state index is 11.8. The third kappa shape index (κ3) is 5.19. The van der Waals surface area contributed by atoms with Crippen molar-refractivity contribution >= 4 is 61.3 Å². The molecule has 0 saturated heterocycles. The van der Waals surface area contributed by atoms with Crippen LogP contribution in [0.25, 0.3) is 0 Å². The third-order valence-electron chi connectivity index (χ3n) is 2.68. The second kappa shape index (κ2) is 7.84. The Morgan fingerprint density at radius 2 is 1.62 bits per heavy atom. The molecule has 24 heavy (non-hydrogen) atoms. The summed E-state index contributed by atoms with van der Waals surface area (Å²) in [6.07, 6.45) is 0. The van der Waals surface area contributed by atoms with E-state index in [1.165, 1.54) is 24.3 Å². The lowest BCUT2D eigenvalue weighted by molar-refractivity contribution is -0.136. The first-order valence-corrected chi connectivity index (χ1v) is 9.85. The van der Waals surface area contributed by atoms with Gasteiger partial charge in [-0.2, -0.15) is 8.42 Å².